The summed E-state index contributed by atoms with van der Waals surface area (Å²) in [6.07, 6.45) is 8.05. The van der Waals surface area contributed by atoms with E-state index in [1.165, 1.54) is 44.1 Å². The van der Waals surface area contributed by atoms with Crippen LogP contribution in [-0.4, -0.2) is 5.16 Å². The number of hydrogen-bond acceptors (Lipinski definition) is 0. The first-order valence-electron chi connectivity index (χ1n) is 7.37. The minimum Gasteiger partial charge on any atom is -0.147 e. The van der Waals surface area contributed by atoms with E-state index in [4.69, 9.17) is 0 Å². The molecular formula is C17H30ClP. The molecule has 0 aliphatic carbocycles. The highest BCUT2D eigenvalue weighted by Gasteiger charge is 2.24. The Bertz CT molecular complexity index is 316. The minimum atomic E-state index is 0. The Labute approximate surface area is 128 Å². The lowest BCUT2D eigenvalue weighted by Crippen LogP contribution is -2.26. The molecule has 2 atom stereocenters. The molecule has 0 aliphatic rings. The average molecular weight is 301 g/mol. The molecule has 19 heavy (non-hydrogen) atoms. The quantitative estimate of drug-likeness (QED) is 0.415. The van der Waals surface area contributed by atoms with Crippen molar-refractivity contribution in [3.8, 4) is 0 Å². The lowest BCUT2D eigenvalue weighted by atomic mass is 9.84. The van der Waals surface area contributed by atoms with Crippen molar-refractivity contribution in [2.45, 2.75) is 64.5 Å². The standard InChI is InChI=1S/C17H29P.ClH/c1-4-5-6-10-13-16(17(2,3)18)14-15-11-8-7-9-12-15;/h7-9,11-12,16H,4-6,10,13-14,18H2,1-3H3;1H. The number of benzene rings is 1. The molecule has 0 heterocycles. The molecule has 0 nitrogen and oxygen atoms in total. The van der Waals surface area contributed by atoms with Crippen molar-refractivity contribution in [1.29, 1.82) is 0 Å². The summed E-state index contributed by atoms with van der Waals surface area (Å²) in [5.41, 5.74) is 1.48. The zero-order valence-corrected chi connectivity index (χ0v) is 14.7. The molecular weight excluding hydrogens is 271 g/mol. The van der Waals surface area contributed by atoms with Crippen LogP contribution in [0.3, 0.4) is 0 Å². The van der Waals surface area contributed by atoms with E-state index >= 15 is 0 Å². The Morgan fingerprint density at radius 2 is 1.68 bits per heavy atom. The molecule has 110 valence electrons. The van der Waals surface area contributed by atoms with Crippen LogP contribution in [0.2, 0.25) is 0 Å². The molecule has 1 rings (SSSR count). The van der Waals surface area contributed by atoms with Gasteiger partial charge in [-0.3, -0.25) is 0 Å². The third-order valence-electron chi connectivity index (χ3n) is 3.78. The van der Waals surface area contributed by atoms with Gasteiger partial charge in [0.25, 0.3) is 0 Å². The van der Waals surface area contributed by atoms with Crippen LogP contribution in [0.1, 0.15) is 58.4 Å². The van der Waals surface area contributed by atoms with E-state index in [-0.39, 0.29) is 12.4 Å². The maximum Gasteiger partial charge on any atom is -0.0175 e. The van der Waals surface area contributed by atoms with Gasteiger partial charge in [-0.25, -0.2) is 0 Å². The SMILES string of the molecule is CCCCCCC(Cc1ccccc1)C(C)(C)P.Cl. The van der Waals surface area contributed by atoms with Crippen molar-refractivity contribution >= 4 is 21.6 Å². The van der Waals surface area contributed by atoms with Gasteiger partial charge < -0.3 is 0 Å². The molecule has 0 fully saturated rings. The van der Waals surface area contributed by atoms with Crippen molar-refractivity contribution in [2.75, 3.05) is 0 Å². The van der Waals surface area contributed by atoms with Crippen molar-refractivity contribution in [2.24, 2.45) is 5.92 Å². The van der Waals surface area contributed by atoms with Gasteiger partial charge in [0, 0.05) is 0 Å². The van der Waals surface area contributed by atoms with Crippen LogP contribution in [0.4, 0.5) is 0 Å². The highest BCUT2D eigenvalue weighted by atomic mass is 35.5. The van der Waals surface area contributed by atoms with Crippen LogP contribution in [0.5, 0.6) is 0 Å². The fraction of sp³-hybridized carbons (Fsp3) is 0.647. The molecule has 0 amide bonds. The normalized spacial score (nSPS) is 12.8. The summed E-state index contributed by atoms with van der Waals surface area (Å²) < 4.78 is 0. The smallest absolute Gasteiger partial charge is 0.0175 e. The van der Waals surface area contributed by atoms with Gasteiger partial charge in [0.2, 0.25) is 0 Å². The zero-order valence-electron chi connectivity index (χ0n) is 12.7. The summed E-state index contributed by atoms with van der Waals surface area (Å²) in [5.74, 6) is 0.766. The highest BCUT2D eigenvalue weighted by molar-refractivity contribution is 7.18. The first-order chi connectivity index (χ1) is 8.54. The monoisotopic (exact) mass is 300 g/mol. The molecule has 1 aromatic rings. The lowest BCUT2D eigenvalue weighted by molar-refractivity contribution is 0.374. The van der Waals surface area contributed by atoms with Crippen LogP contribution in [0.25, 0.3) is 0 Å². The van der Waals surface area contributed by atoms with Crippen LogP contribution < -0.4 is 0 Å². The molecule has 0 radical (unpaired) electrons. The molecule has 0 N–H and O–H groups in total. The van der Waals surface area contributed by atoms with E-state index < -0.39 is 0 Å². The summed E-state index contributed by atoms with van der Waals surface area (Å²) in [6, 6.07) is 10.9. The Hall–Kier alpha value is -0.0600. The third-order valence-corrected chi connectivity index (χ3v) is 4.25. The van der Waals surface area contributed by atoms with Crippen LogP contribution >= 0.6 is 21.6 Å². The second-order valence-corrected chi connectivity index (χ2v) is 7.55. The van der Waals surface area contributed by atoms with Crippen molar-refractivity contribution in [3.63, 3.8) is 0 Å². The summed E-state index contributed by atoms with van der Waals surface area (Å²) in [7, 11) is 3.05. The zero-order chi connectivity index (χ0) is 13.4. The second-order valence-electron chi connectivity index (χ2n) is 6.06. The van der Waals surface area contributed by atoms with E-state index in [1.54, 1.807) is 0 Å². The van der Waals surface area contributed by atoms with Gasteiger partial charge >= 0.3 is 0 Å². The van der Waals surface area contributed by atoms with E-state index in [9.17, 15) is 0 Å². The fourth-order valence-corrected chi connectivity index (χ4v) is 2.74. The Kier molecular flexibility index (Phi) is 9.75. The van der Waals surface area contributed by atoms with E-state index in [1.807, 2.05) is 0 Å². The lowest BCUT2D eigenvalue weighted by Gasteiger charge is -2.31. The summed E-state index contributed by atoms with van der Waals surface area (Å²) in [4.78, 5) is 0. The van der Waals surface area contributed by atoms with Gasteiger partial charge in [0.05, 0.1) is 0 Å². The average Bonchev–Trinajstić information content (AvgIpc) is 2.33. The highest BCUT2D eigenvalue weighted by Crippen LogP contribution is 2.33. The van der Waals surface area contributed by atoms with Gasteiger partial charge in [-0.05, 0) is 29.5 Å². The number of rotatable bonds is 8. The fourth-order valence-electron chi connectivity index (χ4n) is 2.45. The third kappa shape index (κ3) is 7.95. The van der Waals surface area contributed by atoms with Crippen molar-refractivity contribution in [3.05, 3.63) is 35.9 Å². The van der Waals surface area contributed by atoms with Gasteiger partial charge in [0.15, 0.2) is 0 Å². The van der Waals surface area contributed by atoms with E-state index in [2.05, 4.69) is 60.3 Å². The van der Waals surface area contributed by atoms with Gasteiger partial charge in [-0.15, -0.1) is 21.6 Å². The van der Waals surface area contributed by atoms with Gasteiger partial charge in [-0.2, -0.15) is 0 Å². The van der Waals surface area contributed by atoms with Gasteiger partial charge in [-0.1, -0.05) is 76.8 Å². The molecule has 0 aliphatic heterocycles. The molecule has 2 unspecified atom stereocenters. The summed E-state index contributed by atoms with van der Waals surface area (Å²) >= 11 is 0. The van der Waals surface area contributed by atoms with Crippen molar-refractivity contribution < 1.29 is 0 Å². The molecule has 0 saturated carbocycles. The van der Waals surface area contributed by atoms with E-state index in [0.717, 1.165) is 5.92 Å². The predicted molar refractivity (Wildman–Crippen MR) is 93.4 cm³/mol. The van der Waals surface area contributed by atoms with Crippen LogP contribution in [0, 0.1) is 5.92 Å². The number of halogens is 1. The van der Waals surface area contributed by atoms with Crippen LogP contribution in [0.15, 0.2) is 30.3 Å². The Balaban J connectivity index is 0.00000324. The minimum absolute atomic E-state index is 0. The topological polar surface area (TPSA) is 0 Å². The first-order valence-corrected chi connectivity index (χ1v) is 7.94. The molecule has 0 bridgehead atoms. The summed E-state index contributed by atoms with van der Waals surface area (Å²) in [6.45, 7) is 6.98. The van der Waals surface area contributed by atoms with Gasteiger partial charge in [0.1, 0.15) is 0 Å². The predicted octanol–water partition coefficient (Wildman–Crippen LogP) is 5.89. The Morgan fingerprint density at radius 1 is 1.05 bits per heavy atom. The largest absolute Gasteiger partial charge is 0.147 e. The van der Waals surface area contributed by atoms with Crippen molar-refractivity contribution in [1.82, 2.24) is 0 Å². The number of unbranched alkanes of at least 4 members (excludes halogenated alkanes) is 3. The molecule has 2 heteroatoms. The second kappa shape index (κ2) is 9.78. The Morgan fingerprint density at radius 3 is 2.21 bits per heavy atom. The molecule has 0 spiro atoms. The molecule has 0 aromatic heterocycles. The van der Waals surface area contributed by atoms with Crippen LogP contribution in [-0.2, 0) is 6.42 Å². The van der Waals surface area contributed by atoms with E-state index in [0.29, 0.717) is 5.16 Å². The number of hydrogen-bond donors (Lipinski definition) is 0. The maximum absolute atomic E-state index is 3.05. The summed E-state index contributed by atoms with van der Waals surface area (Å²) in [5, 5.41) is 0.335. The first kappa shape index (κ1) is 18.9. The molecule has 0 saturated heterocycles. The maximum atomic E-state index is 3.05. The molecule has 1 aromatic carbocycles.